The van der Waals surface area contributed by atoms with Crippen LogP contribution in [0.4, 0.5) is 0 Å². The van der Waals surface area contributed by atoms with E-state index in [1.165, 1.54) is 0 Å². The van der Waals surface area contributed by atoms with Gasteiger partial charge in [-0.05, 0) is 25.2 Å². The number of hydrogen-bond donors (Lipinski definition) is 2. The highest BCUT2D eigenvalue weighted by Gasteiger charge is 2.27. The number of piperidine rings is 1. The molecule has 1 aliphatic carbocycles. The minimum Gasteiger partial charge on any atom is -0.393 e. The minimum absolute atomic E-state index is 0.0791. The number of carbonyl (C=O) groups is 2. The molecule has 0 aromatic carbocycles. The number of likely N-dealkylation sites (tertiary alicyclic amines) is 1. The van der Waals surface area contributed by atoms with Gasteiger partial charge in [-0.3, -0.25) is 9.59 Å². The van der Waals surface area contributed by atoms with Crippen molar-refractivity contribution in [2.75, 3.05) is 19.6 Å². The fraction of sp³-hybridized carbons (Fsp3) is 0.867. The number of rotatable bonds is 4. The van der Waals surface area contributed by atoms with E-state index < -0.39 is 0 Å². The first-order valence-corrected chi connectivity index (χ1v) is 7.81. The molecule has 5 heteroatoms. The van der Waals surface area contributed by atoms with Crippen LogP contribution in [-0.2, 0) is 9.59 Å². The quantitative estimate of drug-likeness (QED) is 0.805. The summed E-state index contributed by atoms with van der Waals surface area (Å²) < 4.78 is 0. The SMILES string of the molecule is CC1CN(C(=O)CCNC(=O)C2CCCC2)CCC1O. The Morgan fingerprint density at radius 3 is 2.60 bits per heavy atom. The summed E-state index contributed by atoms with van der Waals surface area (Å²) in [5, 5.41) is 12.5. The van der Waals surface area contributed by atoms with Crippen LogP contribution >= 0.6 is 0 Å². The number of nitrogens with one attached hydrogen (secondary N) is 1. The van der Waals surface area contributed by atoms with Crippen molar-refractivity contribution in [2.45, 2.75) is 51.6 Å². The van der Waals surface area contributed by atoms with E-state index in [1.807, 2.05) is 6.92 Å². The first kappa shape index (κ1) is 15.3. The molecule has 2 fully saturated rings. The van der Waals surface area contributed by atoms with Crippen LogP contribution in [0.3, 0.4) is 0 Å². The molecule has 0 bridgehead atoms. The van der Waals surface area contributed by atoms with Gasteiger partial charge in [0, 0.05) is 32.0 Å². The van der Waals surface area contributed by atoms with Crippen LogP contribution in [0, 0.1) is 11.8 Å². The average molecular weight is 282 g/mol. The Balaban J connectivity index is 1.66. The number of aliphatic hydroxyl groups excluding tert-OH is 1. The summed E-state index contributed by atoms with van der Waals surface area (Å²) in [7, 11) is 0. The van der Waals surface area contributed by atoms with Gasteiger partial charge in [0.05, 0.1) is 6.10 Å². The molecule has 1 saturated carbocycles. The van der Waals surface area contributed by atoms with Crippen molar-refractivity contribution >= 4 is 11.8 Å². The number of carbonyl (C=O) groups excluding carboxylic acids is 2. The van der Waals surface area contributed by atoms with Gasteiger partial charge in [0.15, 0.2) is 0 Å². The maximum absolute atomic E-state index is 12.0. The summed E-state index contributed by atoms with van der Waals surface area (Å²) in [6, 6.07) is 0. The Labute approximate surface area is 120 Å². The molecule has 2 unspecified atom stereocenters. The lowest BCUT2D eigenvalue weighted by molar-refractivity contribution is -0.134. The minimum atomic E-state index is -0.291. The predicted molar refractivity (Wildman–Crippen MR) is 76.0 cm³/mol. The Bertz CT molecular complexity index is 353. The molecule has 0 aromatic rings. The van der Waals surface area contributed by atoms with Crippen molar-refractivity contribution in [3.8, 4) is 0 Å². The molecule has 0 radical (unpaired) electrons. The lowest BCUT2D eigenvalue weighted by Crippen LogP contribution is -2.45. The van der Waals surface area contributed by atoms with Crippen LogP contribution in [0.2, 0.25) is 0 Å². The van der Waals surface area contributed by atoms with Crippen LogP contribution in [0.5, 0.6) is 0 Å². The summed E-state index contributed by atoms with van der Waals surface area (Å²) in [5.41, 5.74) is 0. The van der Waals surface area contributed by atoms with Crippen LogP contribution in [0.1, 0.15) is 45.4 Å². The molecule has 1 aliphatic heterocycles. The molecule has 1 heterocycles. The van der Waals surface area contributed by atoms with Gasteiger partial charge in [-0.2, -0.15) is 0 Å². The average Bonchev–Trinajstić information content (AvgIpc) is 2.95. The van der Waals surface area contributed by atoms with Crippen LogP contribution in [0.15, 0.2) is 0 Å². The van der Waals surface area contributed by atoms with Crippen molar-refractivity contribution in [1.29, 1.82) is 0 Å². The fourth-order valence-electron chi connectivity index (χ4n) is 3.14. The third-order valence-electron chi connectivity index (χ3n) is 4.58. The highest BCUT2D eigenvalue weighted by atomic mass is 16.3. The second kappa shape index (κ2) is 7.07. The molecule has 0 spiro atoms. The normalized spacial score (nSPS) is 27.6. The van der Waals surface area contributed by atoms with E-state index in [4.69, 9.17) is 0 Å². The molecule has 2 aliphatic rings. The lowest BCUT2D eigenvalue weighted by atomic mass is 9.96. The Kier molecular flexibility index (Phi) is 5.40. The summed E-state index contributed by atoms with van der Waals surface area (Å²) in [6.45, 7) is 3.64. The number of hydrogen-bond acceptors (Lipinski definition) is 3. The van der Waals surface area contributed by atoms with E-state index in [0.717, 1.165) is 25.7 Å². The molecule has 2 amide bonds. The van der Waals surface area contributed by atoms with E-state index >= 15 is 0 Å². The molecule has 114 valence electrons. The van der Waals surface area contributed by atoms with Gasteiger partial charge >= 0.3 is 0 Å². The summed E-state index contributed by atoms with van der Waals surface area (Å²) in [6.07, 6.45) is 4.99. The maximum atomic E-state index is 12.0. The first-order chi connectivity index (χ1) is 9.58. The highest BCUT2D eigenvalue weighted by Crippen LogP contribution is 2.24. The smallest absolute Gasteiger partial charge is 0.224 e. The van der Waals surface area contributed by atoms with Crippen LogP contribution < -0.4 is 5.32 Å². The lowest BCUT2D eigenvalue weighted by Gasteiger charge is -2.34. The zero-order valence-corrected chi connectivity index (χ0v) is 12.3. The first-order valence-electron chi connectivity index (χ1n) is 7.81. The van der Waals surface area contributed by atoms with Crippen molar-refractivity contribution in [3.63, 3.8) is 0 Å². The monoisotopic (exact) mass is 282 g/mol. The Hall–Kier alpha value is -1.10. The van der Waals surface area contributed by atoms with E-state index in [1.54, 1.807) is 4.90 Å². The molecule has 2 atom stereocenters. The number of aliphatic hydroxyl groups is 1. The van der Waals surface area contributed by atoms with Gasteiger partial charge in [0.1, 0.15) is 0 Å². The molecule has 20 heavy (non-hydrogen) atoms. The topological polar surface area (TPSA) is 69.6 Å². The fourth-order valence-corrected chi connectivity index (χ4v) is 3.14. The summed E-state index contributed by atoms with van der Waals surface area (Å²) >= 11 is 0. The molecule has 2 rings (SSSR count). The molecular weight excluding hydrogens is 256 g/mol. The molecule has 5 nitrogen and oxygen atoms in total. The third-order valence-corrected chi connectivity index (χ3v) is 4.58. The molecule has 2 N–H and O–H groups in total. The molecule has 1 saturated heterocycles. The van der Waals surface area contributed by atoms with Gasteiger partial charge in [-0.25, -0.2) is 0 Å². The largest absolute Gasteiger partial charge is 0.393 e. The zero-order valence-electron chi connectivity index (χ0n) is 12.3. The van der Waals surface area contributed by atoms with E-state index in [-0.39, 0.29) is 29.8 Å². The summed E-state index contributed by atoms with van der Waals surface area (Å²) in [4.78, 5) is 25.7. The van der Waals surface area contributed by atoms with Crippen LogP contribution in [0.25, 0.3) is 0 Å². The van der Waals surface area contributed by atoms with Crippen molar-refractivity contribution in [2.24, 2.45) is 11.8 Å². The standard InChI is InChI=1S/C15H26N2O3/c1-11-10-17(9-7-13(11)18)14(19)6-8-16-15(20)12-4-2-3-5-12/h11-13,18H,2-10H2,1H3,(H,16,20). The van der Waals surface area contributed by atoms with Gasteiger partial charge in [-0.1, -0.05) is 19.8 Å². The van der Waals surface area contributed by atoms with Gasteiger partial charge in [-0.15, -0.1) is 0 Å². The second-order valence-corrected chi connectivity index (χ2v) is 6.20. The second-order valence-electron chi connectivity index (χ2n) is 6.20. The van der Waals surface area contributed by atoms with Gasteiger partial charge < -0.3 is 15.3 Å². The van der Waals surface area contributed by atoms with E-state index in [9.17, 15) is 14.7 Å². The predicted octanol–water partition coefficient (Wildman–Crippen LogP) is 0.912. The summed E-state index contributed by atoms with van der Waals surface area (Å²) in [5.74, 6) is 0.490. The Morgan fingerprint density at radius 1 is 1.25 bits per heavy atom. The van der Waals surface area contributed by atoms with Crippen molar-refractivity contribution in [3.05, 3.63) is 0 Å². The van der Waals surface area contributed by atoms with E-state index in [2.05, 4.69) is 5.32 Å². The Morgan fingerprint density at radius 2 is 1.95 bits per heavy atom. The maximum Gasteiger partial charge on any atom is 0.224 e. The van der Waals surface area contributed by atoms with Crippen LogP contribution in [-0.4, -0.2) is 47.6 Å². The van der Waals surface area contributed by atoms with Gasteiger partial charge in [0.25, 0.3) is 0 Å². The molecule has 0 aromatic heterocycles. The number of nitrogens with zero attached hydrogens (tertiary/aromatic N) is 1. The van der Waals surface area contributed by atoms with Crippen molar-refractivity contribution < 1.29 is 14.7 Å². The number of amides is 2. The third kappa shape index (κ3) is 3.95. The van der Waals surface area contributed by atoms with E-state index in [0.29, 0.717) is 32.5 Å². The zero-order chi connectivity index (χ0) is 14.5. The molecular formula is C15H26N2O3. The van der Waals surface area contributed by atoms with Gasteiger partial charge in [0.2, 0.25) is 11.8 Å². The van der Waals surface area contributed by atoms with Crippen molar-refractivity contribution in [1.82, 2.24) is 10.2 Å². The highest BCUT2D eigenvalue weighted by molar-refractivity contribution is 5.80.